The second-order valence-corrected chi connectivity index (χ2v) is 9.84. The monoisotopic (exact) mass is 534 g/mol. The van der Waals surface area contributed by atoms with Gasteiger partial charge in [-0.05, 0) is 64.9 Å². The van der Waals surface area contributed by atoms with Crippen molar-refractivity contribution in [2.24, 2.45) is 5.73 Å². The summed E-state index contributed by atoms with van der Waals surface area (Å²) in [5, 5.41) is 27.9. The molecule has 35 heavy (non-hydrogen) atoms. The number of phenolic OH excluding ortho intramolecular Hbond substituents is 1. The number of benzene rings is 2. The molecule has 0 spiro atoms. The van der Waals surface area contributed by atoms with Crippen LogP contribution in [0.2, 0.25) is 0 Å². The van der Waals surface area contributed by atoms with Crippen LogP contribution in [0.1, 0.15) is 67.6 Å². The number of hydrogen-bond acceptors (Lipinski definition) is 6. The molecule has 3 aromatic rings. The number of allylic oxidation sites excluding steroid dienone is 1. The van der Waals surface area contributed by atoms with Gasteiger partial charge in [-0.15, -0.1) is 5.10 Å². The number of aromatic amines is 1. The number of nitrogens with zero attached hydrogens (tertiary/aromatic N) is 2. The molecule has 5 rings (SSSR count). The van der Waals surface area contributed by atoms with Crippen molar-refractivity contribution < 1.29 is 14.6 Å². The van der Waals surface area contributed by atoms with Gasteiger partial charge in [-0.1, -0.05) is 43.5 Å². The number of nitrogens with one attached hydrogen (secondary N) is 1. The predicted octanol–water partition coefficient (Wildman–Crippen LogP) is 6.21. The summed E-state index contributed by atoms with van der Waals surface area (Å²) in [4.78, 5) is 0. The molecule has 2 heterocycles. The maximum Gasteiger partial charge on any atom is 0.244 e. The summed E-state index contributed by atoms with van der Waals surface area (Å²) >= 11 is 3.42. The first-order valence-corrected chi connectivity index (χ1v) is 12.7. The molecule has 8 heteroatoms. The number of fused-ring (bicyclic) bond motifs is 1. The first-order chi connectivity index (χ1) is 17.0. The highest BCUT2D eigenvalue weighted by Crippen LogP contribution is 2.48. The van der Waals surface area contributed by atoms with Crippen LogP contribution >= 0.6 is 15.9 Å². The van der Waals surface area contributed by atoms with Crippen molar-refractivity contribution in [3.63, 3.8) is 0 Å². The number of nitriles is 1. The maximum absolute atomic E-state index is 10.4. The van der Waals surface area contributed by atoms with E-state index in [0.29, 0.717) is 28.6 Å². The average molecular weight is 535 g/mol. The summed E-state index contributed by atoms with van der Waals surface area (Å²) in [6.45, 7) is 2.23. The largest absolute Gasteiger partial charge is 0.503 e. The quantitative estimate of drug-likeness (QED) is 0.358. The summed E-state index contributed by atoms with van der Waals surface area (Å²) in [7, 11) is 0. The zero-order valence-electron chi connectivity index (χ0n) is 19.5. The molecule has 1 saturated carbocycles. The van der Waals surface area contributed by atoms with E-state index >= 15 is 0 Å². The third-order valence-corrected chi connectivity index (χ3v) is 7.50. The molecule has 1 aliphatic heterocycles. The molecule has 2 aliphatic rings. The van der Waals surface area contributed by atoms with Gasteiger partial charge >= 0.3 is 0 Å². The molecule has 1 fully saturated rings. The van der Waals surface area contributed by atoms with Crippen LogP contribution in [-0.2, 0) is 0 Å². The van der Waals surface area contributed by atoms with Crippen molar-refractivity contribution in [2.75, 3.05) is 6.61 Å². The van der Waals surface area contributed by atoms with Gasteiger partial charge < -0.3 is 20.3 Å². The van der Waals surface area contributed by atoms with Gasteiger partial charge in [0.2, 0.25) is 11.8 Å². The van der Waals surface area contributed by atoms with Gasteiger partial charge in [0, 0.05) is 5.56 Å². The number of hydrogen-bond donors (Lipinski definition) is 3. The van der Waals surface area contributed by atoms with Crippen LogP contribution in [-0.4, -0.2) is 21.9 Å². The van der Waals surface area contributed by atoms with E-state index in [-0.39, 0.29) is 17.2 Å². The van der Waals surface area contributed by atoms with Crippen molar-refractivity contribution >= 4 is 15.9 Å². The van der Waals surface area contributed by atoms with E-state index in [0.717, 1.165) is 22.4 Å². The lowest BCUT2D eigenvalue weighted by Crippen LogP contribution is -2.21. The van der Waals surface area contributed by atoms with Crippen molar-refractivity contribution in [3.05, 3.63) is 69.0 Å². The van der Waals surface area contributed by atoms with Crippen LogP contribution < -0.4 is 15.2 Å². The van der Waals surface area contributed by atoms with Gasteiger partial charge in [0.05, 0.1) is 28.3 Å². The van der Waals surface area contributed by atoms with Crippen molar-refractivity contribution in [3.8, 4) is 34.7 Å². The molecule has 0 radical (unpaired) electrons. The molecule has 1 unspecified atom stereocenters. The van der Waals surface area contributed by atoms with E-state index in [1.54, 1.807) is 12.1 Å². The molecular formula is C27H27BrN4O3. The zero-order valence-corrected chi connectivity index (χ0v) is 21.1. The smallest absolute Gasteiger partial charge is 0.244 e. The first-order valence-electron chi connectivity index (χ1n) is 11.9. The number of aromatic nitrogens is 2. The Kier molecular flexibility index (Phi) is 6.44. The molecule has 7 nitrogen and oxygen atoms in total. The lowest BCUT2D eigenvalue weighted by atomic mass is 9.82. The summed E-state index contributed by atoms with van der Waals surface area (Å²) < 4.78 is 11.8. The molecule has 1 atom stereocenters. The van der Waals surface area contributed by atoms with E-state index in [9.17, 15) is 10.4 Å². The highest BCUT2D eigenvalue weighted by Gasteiger charge is 2.36. The summed E-state index contributed by atoms with van der Waals surface area (Å²) in [6, 6.07) is 14.3. The number of aromatic hydroxyl groups is 1. The van der Waals surface area contributed by atoms with Gasteiger partial charge in [0.1, 0.15) is 11.6 Å². The van der Waals surface area contributed by atoms with E-state index in [1.807, 2.05) is 6.92 Å². The second-order valence-electron chi connectivity index (χ2n) is 8.98. The highest BCUT2D eigenvalue weighted by molar-refractivity contribution is 9.10. The molecule has 0 bridgehead atoms. The number of ether oxygens (including phenoxy) is 2. The summed E-state index contributed by atoms with van der Waals surface area (Å²) in [5.41, 5.74) is 10.9. The van der Waals surface area contributed by atoms with Crippen molar-refractivity contribution in [1.29, 1.82) is 5.26 Å². The Labute approximate surface area is 212 Å². The lowest BCUT2D eigenvalue weighted by Gasteiger charge is -2.25. The zero-order chi connectivity index (χ0) is 24.5. The topological polar surface area (TPSA) is 117 Å². The van der Waals surface area contributed by atoms with Gasteiger partial charge in [0.25, 0.3) is 0 Å². The minimum Gasteiger partial charge on any atom is -0.503 e. The number of phenols is 1. The fraction of sp³-hybridized carbons (Fsp3) is 0.333. The van der Waals surface area contributed by atoms with E-state index in [2.05, 4.69) is 56.5 Å². The van der Waals surface area contributed by atoms with Crippen molar-refractivity contribution in [1.82, 2.24) is 10.2 Å². The molecule has 180 valence electrons. The molecule has 2 aromatic carbocycles. The van der Waals surface area contributed by atoms with Gasteiger partial charge in [0.15, 0.2) is 11.5 Å². The molecule has 1 aliphatic carbocycles. The van der Waals surface area contributed by atoms with Crippen LogP contribution in [0, 0.1) is 11.3 Å². The Morgan fingerprint density at radius 3 is 2.63 bits per heavy atom. The standard InChI is InChI=1S/C27H27BrN4O3/c1-2-34-21-13-18(12-20(28)25(21)33)22-19(14-29)26(30)35-27-23(22)24(31-32-27)17-10-8-16(9-11-17)15-6-4-3-5-7-15/h8-13,15,22,33H,2-7,30H2,1H3,(H,31,32). The molecular weight excluding hydrogens is 508 g/mol. The fourth-order valence-electron chi connectivity index (χ4n) is 5.18. The fourth-order valence-corrected chi connectivity index (χ4v) is 5.64. The Morgan fingerprint density at radius 2 is 1.94 bits per heavy atom. The molecule has 1 aromatic heterocycles. The van der Waals surface area contributed by atoms with Crippen molar-refractivity contribution in [2.45, 2.75) is 50.9 Å². The van der Waals surface area contributed by atoms with E-state index < -0.39 is 5.92 Å². The van der Waals surface area contributed by atoms with Crippen LogP contribution in [0.5, 0.6) is 17.4 Å². The van der Waals surface area contributed by atoms with Gasteiger partial charge in [-0.25, -0.2) is 0 Å². The summed E-state index contributed by atoms with van der Waals surface area (Å²) in [6.07, 6.45) is 6.38. The third kappa shape index (κ3) is 4.25. The minimum absolute atomic E-state index is 0.00376. The summed E-state index contributed by atoms with van der Waals surface area (Å²) in [5.74, 6) is 0.736. The SMILES string of the molecule is CCOc1cc(C2C(C#N)=C(N)Oc3n[nH]c(-c4ccc(C5CCCCC5)cc4)c32)cc(Br)c1O. The van der Waals surface area contributed by atoms with Gasteiger partial charge in [-0.3, -0.25) is 5.10 Å². The van der Waals surface area contributed by atoms with E-state index in [4.69, 9.17) is 15.2 Å². The normalized spacial score (nSPS) is 18.0. The molecule has 0 amide bonds. The Bertz CT molecular complexity index is 1320. The average Bonchev–Trinajstić information content (AvgIpc) is 3.30. The van der Waals surface area contributed by atoms with Gasteiger partial charge in [-0.2, -0.15) is 5.26 Å². The third-order valence-electron chi connectivity index (χ3n) is 6.90. The molecule has 4 N–H and O–H groups in total. The number of halogens is 1. The first kappa shape index (κ1) is 23.3. The van der Waals surface area contributed by atoms with E-state index in [1.165, 1.54) is 37.7 Å². The Balaban J connectivity index is 1.60. The number of rotatable bonds is 5. The van der Waals surface area contributed by atoms with Crippen LogP contribution in [0.15, 0.2) is 52.3 Å². The number of nitrogens with two attached hydrogens (primary N) is 1. The predicted molar refractivity (Wildman–Crippen MR) is 136 cm³/mol. The van der Waals surface area contributed by atoms with Crippen LogP contribution in [0.4, 0.5) is 0 Å². The lowest BCUT2D eigenvalue weighted by molar-refractivity contribution is 0.316. The second kappa shape index (κ2) is 9.67. The maximum atomic E-state index is 10.4. The Hall–Kier alpha value is -3.44. The van der Waals surface area contributed by atoms with Crippen LogP contribution in [0.3, 0.4) is 0 Å². The van der Waals surface area contributed by atoms with Crippen LogP contribution in [0.25, 0.3) is 11.3 Å². The molecule has 0 saturated heterocycles. The number of H-pyrrole nitrogens is 1. The Morgan fingerprint density at radius 1 is 1.20 bits per heavy atom. The minimum atomic E-state index is -0.549. The highest BCUT2D eigenvalue weighted by atomic mass is 79.9.